The van der Waals surface area contributed by atoms with Crippen LogP contribution in [0.5, 0.6) is 5.75 Å². The van der Waals surface area contributed by atoms with E-state index in [2.05, 4.69) is 15.5 Å². The number of ether oxygens (including phenoxy) is 1. The largest absolute Gasteiger partial charge is 0.490 e. The fourth-order valence-corrected chi connectivity index (χ4v) is 3.12. The minimum atomic E-state index is -0.406. The van der Waals surface area contributed by atoms with Crippen LogP contribution in [-0.4, -0.2) is 52.2 Å². The van der Waals surface area contributed by atoms with Crippen molar-refractivity contribution in [2.24, 2.45) is 5.92 Å². The van der Waals surface area contributed by atoms with Crippen LogP contribution in [0.1, 0.15) is 35.5 Å². The maximum absolute atomic E-state index is 13.1. The molecule has 0 saturated carbocycles. The average molecular weight is 427 g/mol. The highest BCUT2D eigenvalue weighted by Crippen LogP contribution is 2.33. The van der Waals surface area contributed by atoms with Crippen molar-refractivity contribution in [1.82, 2.24) is 15.5 Å². The van der Waals surface area contributed by atoms with Crippen molar-refractivity contribution in [2.45, 2.75) is 19.9 Å². The van der Waals surface area contributed by atoms with Crippen LogP contribution in [0.25, 0.3) is 23.1 Å². The van der Waals surface area contributed by atoms with E-state index in [9.17, 15) is 19.4 Å². The van der Waals surface area contributed by atoms with Crippen LogP contribution in [0.4, 0.5) is 4.39 Å². The van der Waals surface area contributed by atoms with Crippen LogP contribution in [0.2, 0.25) is 0 Å². The Morgan fingerprint density at radius 1 is 1.19 bits per heavy atom. The molecule has 1 heterocycles. The molecule has 7 nitrogen and oxygen atoms in total. The van der Waals surface area contributed by atoms with Crippen LogP contribution >= 0.6 is 0 Å². The number of carbonyl (C=O) groups excluding carboxylic acids is 1. The number of aromatic nitrogens is 2. The summed E-state index contributed by atoms with van der Waals surface area (Å²) in [4.78, 5) is 12.9. The fraction of sp³-hybridized carbons (Fsp3) is 0.304. The lowest BCUT2D eigenvalue weighted by atomic mass is 10.0. The Labute approximate surface area is 179 Å². The highest BCUT2D eigenvalue weighted by molar-refractivity contribution is 6.05. The summed E-state index contributed by atoms with van der Waals surface area (Å²) in [6.07, 6.45) is 3.52. The average Bonchev–Trinajstić information content (AvgIpc) is 3.18. The maximum atomic E-state index is 13.1. The maximum Gasteiger partial charge on any atom is 0.255 e. The molecule has 0 bridgehead atoms. The first kappa shape index (κ1) is 22.5. The zero-order chi connectivity index (χ0) is 22.4. The Bertz CT molecular complexity index is 1060. The van der Waals surface area contributed by atoms with Gasteiger partial charge in [-0.25, -0.2) is 4.39 Å². The molecule has 2 aromatic carbocycles. The summed E-state index contributed by atoms with van der Waals surface area (Å²) in [6.45, 7) is 3.40. The lowest BCUT2D eigenvalue weighted by Crippen LogP contribution is -2.41. The van der Waals surface area contributed by atoms with Gasteiger partial charge in [0.2, 0.25) is 0 Å². The monoisotopic (exact) mass is 427 g/mol. The van der Waals surface area contributed by atoms with Crippen molar-refractivity contribution in [3.63, 3.8) is 0 Å². The van der Waals surface area contributed by atoms with Gasteiger partial charge in [-0.15, -0.1) is 0 Å². The van der Waals surface area contributed by atoms with E-state index in [0.717, 1.165) is 5.56 Å². The topological polar surface area (TPSA) is 107 Å². The van der Waals surface area contributed by atoms with Gasteiger partial charge in [0, 0.05) is 0 Å². The first-order valence-electron chi connectivity index (χ1n) is 10.0. The number of hydrogen-bond donors (Lipinski definition) is 4. The number of aliphatic hydroxyl groups excluding tert-OH is 2. The summed E-state index contributed by atoms with van der Waals surface area (Å²) in [7, 11) is 0. The van der Waals surface area contributed by atoms with Gasteiger partial charge in [-0.3, -0.25) is 9.89 Å². The zero-order valence-corrected chi connectivity index (χ0v) is 17.4. The molecule has 0 radical (unpaired) electrons. The Morgan fingerprint density at radius 2 is 1.94 bits per heavy atom. The minimum Gasteiger partial charge on any atom is -0.490 e. The molecule has 0 unspecified atom stereocenters. The number of nitrogens with one attached hydrogen (secondary N) is 2. The number of H-pyrrole nitrogens is 1. The Morgan fingerprint density at radius 3 is 2.58 bits per heavy atom. The number of aliphatic hydroxyl groups is 2. The molecule has 0 fully saturated rings. The standard InChI is InChI=1S/C23H26FN3O4/c1-14(2)20(13-29)25-23(30)17-8-10-19-21(22(17)31-12-11-28)18(26-27-19)9-5-15-3-6-16(24)7-4-15/h3-10,14,20,28-29H,11-13H2,1-2H3,(H,25,30)(H,26,27)/t20-/m1/s1. The number of carbonyl (C=O) groups is 1. The zero-order valence-electron chi connectivity index (χ0n) is 17.4. The summed E-state index contributed by atoms with van der Waals surface area (Å²) in [6, 6.07) is 8.95. The smallest absolute Gasteiger partial charge is 0.255 e. The van der Waals surface area contributed by atoms with Crippen LogP contribution in [-0.2, 0) is 0 Å². The van der Waals surface area contributed by atoms with Crippen LogP contribution in [0.15, 0.2) is 36.4 Å². The number of halogens is 1. The van der Waals surface area contributed by atoms with E-state index in [1.807, 2.05) is 13.8 Å². The van der Waals surface area contributed by atoms with Crippen molar-refractivity contribution in [3.05, 3.63) is 59.0 Å². The second-order valence-corrected chi connectivity index (χ2v) is 7.44. The molecule has 164 valence electrons. The molecular weight excluding hydrogens is 401 g/mol. The number of hydrogen-bond acceptors (Lipinski definition) is 5. The molecule has 4 N–H and O–H groups in total. The second kappa shape index (κ2) is 10.2. The van der Waals surface area contributed by atoms with Gasteiger partial charge in [0.15, 0.2) is 0 Å². The third-order valence-corrected chi connectivity index (χ3v) is 4.91. The van der Waals surface area contributed by atoms with E-state index >= 15 is 0 Å². The van der Waals surface area contributed by atoms with Gasteiger partial charge in [0.1, 0.15) is 18.2 Å². The predicted octanol–water partition coefficient (Wildman–Crippen LogP) is 2.99. The number of amides is 1. The molecule has 1 amide bonds. The van der Waals surface area contributed by atoms with Crippen molar-refractivity contribution < 1.29 is 24.1 Å². The van der Waals surface area contributed by atoms with Gasteiger partial charge in [-0.2, -0.15) is 5.10 Å². The molecular formula is C23H26FN3O4. The Balaban J connectivity index is 2.02. The molecule has 0 aliphatic heterocycles. The van der Waals surface area contributed by atoms with E-state index in [4.69, 9.17) is 4.74 Å². The molecule has 31 heavy (non-hydrogen) atoms. The Hall–Kier alpha value is -3.23. The summed E-state index contributed by atoms with van der Waals surface area (Å²) in [5.74, 6) is -0.378. The molecule has 1 aromatic heterocycles. The van der Waals surface area contributed by atoms with Gasteiger partial charge in [-0.1, -0.05) is 32.1 Å². The molecule has 0 saturated heterocycles. The summed E-state index contributed by atoms with van der Waals surface area (Å²) in [5.41, 5.74) is 2.25. The van der Waals surface area contributed by atoms with Gasteiger partial charge in [0.05, 0.1) is 41.4 Å². The van der Waals surface area contributed by atoms with Gasteiger partial charge in [0.25, 0.3) is 5.91 Å². The van der Waals surface area contributed by atoms with Gasteiger partial charge in [-0.05, 0) is 41.8 Å². The highest BCUT2D eigenvalue weighted by atomic mass is 19.1. The van der Waals surface area contributed by atoms with E-state index < -0.39 is 11.9 Å². The number of fused-ring (bicyclic) bond motifs is 1. The molecule has 0 spiro atoms. The molecule has 1 atom stereocenters. The fourth-order valence-electron chi connectivity index (χ4n) is 3.12. The predicted molar refractivity (Wildman–Crippen MR) is 117 cm³/mol. The normalized spacial score (nSPS) is 12.6. The summed E-state index contributed by atoms with van der Waals surface area (Å²) in [5, 5.41) is 29.4. The highest BCUT2D eigenvalue weighted by Gasteiger charge is 2.22. The molecule has 0 aliphatic carbocycles. The lowest BCUT2D eigenvalue weighted by molar-refractivity contribution is 0.0891. The van der Waals surface area contributed by atoms with Crippen LogP contribution < -0.4 is 10.1 Å². The van der Waals surface area contributed by atoms with Crippen molar-refractivity contribution >= 4 is 29.0 Å². The Kier molecular flexibility index (Phi) is 7.38. The van der Waals surface area contributed by atoms with Gasteiger partial charge < -0.3 is 20.3 Å². The van der Waals surface area contributed by atoms with E-state index in [0.29, 0.717) is 16.6 Å². The summed E-state index contributed by atoms with van der Waals surface area (Å²) < 4.78 is 18.9. The lowest BCUT2D eigenvalue weighted by Gasteiger charge is -2.21. The minimum absolute atomic E-state index is 0.000696. The van der Waals surface area contributed by atoms with Crippen molar-refractivity contribution in [2.75, 3.05) is 19.8 Å². The first-order valence-corrected chi connectivity index (χ1v) is 10.0. The molecule has 3 aromatic rings. The van der Waals surface area contributed by atoms with Crippen molar-refractivity contribution in [1.29, 1.82) is 0 Å². The van der Waals surface area contributed by atoms with E-state index in [-0.39, 0.29) is 42.9 Å². The van der Waals surface area contributed by atoms with E-state index in [1.165, 1.54) is 12.1 Å². The summed E-state index contributed by atoms with van der Waals surface area (Å²) >= 11 is 0. The molecule has 8 heteroatoms. The van der Waals surface area contributed by atoms with Crippen LogP contribution in [0, 0.1) is 11.7 Å². The first-order chi connectivity index (χ1) is 14.9. The third-order valence-electron chi connectivity index (χ3n) is 4.91. The number of nitrogens with zero attached hydrogens (tertiary/aromatic N) is 1. The quantitative estimate of drug-likeness (QED) is 0.420. The molecule has 3 rings (SSSR count). The number of rotatable bonds is 9. The van der Waals surface area contributed by atoms with E-state index in [1.54, 1.807) is 36.4 Å². The van der Waals surface area contributed by atoms with Crippen LogP contribution in [0.3, 0.4) is 0 Å². The number of aromatic amines is 1. The van der Waals surface area contributed by atoms with Gasteiger partial charge >= 0.3 is 0 Å². The van der Waals surface area contributed by atoms with Crippen molar-refractivity contribution in [3.8, 4) is 5.75 Å². The number of benzene rings is 2. The molecule has 0 aliphatic rings. The second-order valence-electron chi connectivity index (χ2n) is 7.44. The third kappa shape index (κ3) is 5.28. The SMILES string of the molecule is CC(C)[C@@H](CO)NC(=O)c1ccc2[nH]nc(C=Cc3ccc(F)cc3)c2c1OCCO.